The molecule has 1 aromatic heterocycles. The Morgan fingerprint density at radius 2 is 1.78 bits per heavy atom. The Bertz CT molecular complexity index is 1070. The third-order valence-electron chi connectivity index (χ3n) is 5.81. The maximum atomic E-state index is 13.1. The molecular weight excluding hydrogens is 356 g/mol. The molecule has 0 bridgehead atoms. The van der Waals surface area contributed by atoms with Crippen LogP contribution in [0.15, 0.2) is 53.4 Å². The summed E-state index contributed by atoms with van der Waals surface area (Å²) in [5, 5.41) is 1.21. The Morgan fingerprint density at radius 1 is 1.07 bits per heavy atom. The smallest absolute Gasteiger partial charge is 0.243 e. The molecule has 0 fully saturated rings. The van der Waals surface area contributed by atoms with Crippen LogP contribution in [0.4, 0.5) is 0 Å². The van der Waals surface area contributed by atoms with Gasteiger partial charge in [0.1, 0.15) is 0 Å². The highest BCUT2D eigenvalue weighted by Crippen LogP contribution is 2.32. The number of para-hydroxylation sites is 1. The maximum absolute atomic E-state index is 13.1. The second kappa shape index (κ2) is 6.80. The largest absolute Gasteiger partial charge is 0.358 e. The van der Waals surface area contributed by atoms with E-state index in [0.29, 0.717) is 10.8 Å². The summed E-state index contributed by atoms with van der Waals surface area (Å²) in [6.45, 7) is 4.22. The third-order valence-corrected chi connectivity index (χ3v) is 7.73. The van der Waals surface area contributed by atoms with Gasteiger partial charge in [0.25, 0.3) is 0 Å². The minimum absolute atomic E-state index is 0.0218. The van der Waals surface area contributed by atoms with Crippen LogP contribution in [-0.2, 0) is 22.9 Å². The van der Waals surface area contributed by atoms with E-state index in [1.807, 2.05) is 24.3 Å². The normalized spacial score (nSPS) is 17.6. The van der Waals surface area contributed by atoms with Gasteiger partial charge in [0.15, 0.2) is 0 Å². The number of aryl methyl sites for hydroxylation is 1. The highest BCUT2D eigenvalue weighted by Gasteiger charge is 2.32. The zero-order valence-corrected chi connectivity index (χ0v) is 16.9. The van der Waals surface area contributed by atoms with Crippen LogP contribution in [0, 0.1) is 0 Å². The lowest BCUT2D eigenvalue weighted by atomic mass is 9.91. The summed E-state index contributed by atoms with van der Waals surface area (Å²) >= 11 is 0. The fraction of sp³-hybridized carbons (Fsp3) is 0.364. The van der Waals surface area contributed by atoms with E-state index in [0.717, 1.165) is 30.3 Å². The van der Waals surface area contributed by atoms with E-state index < -0.39 is 10.0 Å². The number of likely N-dealkylation sites (N-methyl/N-ethyl adjacent to an activating group) is 1. The molecule has 27 heavy (non-hydrogen) atoms. The van der Waals surface area contributed by atoms with Crippen molar-refractivity contribution in [3.63, 3.8) is 0 Å². The lowest BCUT2D eigenvalue weighted by Crippen LogP contribution is -2.40. The maximum Gasteiger partial charge on any atom is 0.243 e. The highest BCUT2D eigenvalue weighted by molar-refractivity contribution is 7.89. The zero-order valence-electron chi connectivity index (χ0n) is 16.1. The van der Waals surface area contributed by atoms with Crippen molar-refractivity contribution < 1.29 is 8.42 Å². The minimum Gasteiger partial charge on any atom is -0.358 e. The number of aromatic nitrogens is 1. The first-order valence-corrected chi connectivity index (χ1v) is 11.0. The van der Waals surface area contributed by atoms with Crippen molar-refractivity contribution in [1.82, 2.24) is 9.29 Å². The first-order chi connectivity index (χ1) is 12.9. The molecule has 1 atom stereocenters. The number of nitrogens with one attached hydrogen (secondary N) is 1. The fourth-order valence-electron chi connectivity index (χ4n) is 4.05. The topological polar surface area (TPSA) is 53.2 Å². The SMILES string of the molecule is CC(C)c1ccc(S(=O)(=O)N(C)C2CCc3[nH]c4ccccc4c3C2)cc1. The van der Waals surface area contributed by atoms with Gasteiger partial charge in [-0.3, -0.25) is 0 Å². The number of hydrogen-bond acceptors (Lipinski definition) is 2. The van der Waals surface area contributed by atoms with Crippen LogP contribution in [0.25, 0.3) is 10.9 Å². The Labute approximate surface area is 161 Å². The summed E-state index contributed by atoms with van der Waals surface area (Å²) in [7, 11) is -1.78. The number of H-pyrrole nitrogens is 1. The Kier molecular flexibility index (Phi) is 4.60. The van der Waals surface area contributed by atoms with Crippen LogP contribution in [0.5, 0.6) is 0 Å². The van der Waals surface area contributed by atoms with Crippen molar-refractivity contribution in [2.45, 2.75) is 50.0 Å². The third kappa shape index (κ3) is 3.19. The van der Waals surface area contributed by atoms with Crippen molar-refractivity contribution in [3.8, 4) is 0 Å². The van der Waals surface area contributed by atoms with E-state index in [1.54, 1.807) is 23.5 Å². The molecule has 4 nitrogen and oxygen atoms in total. The van der Waals surface area contributed by atoms with Gasteiger partial charge in [-0.1, -0.05) is 44.2 Å². The van der Waals surface area contributed by atoms with Gasteiger partial charge in [-0.2, -0.15) is 4.31 Å². The molecule has 0 spiro atoms. The predicted octanol–water partition coefficient (Wildman–Crippen LogP) is 4.47. The molecule has 1 aliphatic carbocycles. The van der Waals surface area contributed by atoms with Gasteiger partial charge >= 0.3 is 0 Å². The molecule has 0 amide bonds. The summed E-state index contributed by atoms with van der Waals surface area (Å²) in [6, 6.07) is 15.6. The fourth-order valence-corrected chi connectivity index (χ4v) is 5.43. The number of aromatic amines is 1. The summed E-state index contributed by atoms with van der Waals surface area (Å²) in [5.41, 5.74) is 4.80. The number of nitrogens with zero attached hydrogens (tertiary/aromatic N) is 1. The Balaban J connectivity index is 1.61. The average Bonchev–Trinajstić information content (AvgIpc) is 3.05. The summed E-state index contributed by atoms with van der Waals surface area (Å²) in [4.78, 5) is 3.87. The van der Waals surface area contributed by atoms with Gasteiger partial charge < -0.3 is 4.98 Å². The molecule has 142 valence electrons. The van der Waals surface area contributed by atoms with Crippen molar-refractivity contribution in [2.75, 3.05) is 7.05 Å². The number of rotatable bonds is 4. The van der Waals surface area contributed by atoms with Crippen molar-refractivity contribution in [1.29, 1.82) is 0 Å². The van der Waals surface area contributed by atoms with Crippen LogP contribution in [-0.4, -0.2) is 30.8 Å². The Morgan fingerprint density at radius 3 is 2.48 bits per heavy atom. The molecule has 0 aliphatic heterocycles. The van der Waals surface area contributed by atoms with Crippen molar-refractivity contribution in [3.05, 3.63) is 65.4 Å². The molecular formula is C22H26N2O2S. The van der Waals surface area contributed by atoms with Crippen LogP contribution < -0.4 is 0 Å². The highest BCUT2D eigenvalue weighted by atomic mass is 32.2. The first-order valence-electron chi connectivity index (χ1n) is 9.54. The van der Waals surface area contributed by atoms with Crippen LogP contribution >= 0.6 is 0 Å². The number of sulfonamides is 1. The molecule has 1 N–H and O–H groups in total. The molecule has 0 saturated heterocycles. The van der Waals surface area contributed by atoms with Crippen LogP contribution in [0.3, 0.4) is 0 Å². The van der Waals surface area contributed by atoms with E-state index in [2.05, 4.69) is 31.0 Å². The standard InChI is InChI=1S/C22H26N2O2S/c1-15(2)16-8-11-18(12-9-16)27(25,26)24(3)17-10-13-22-20(14-17)19-6-4-5-7-21(19)23-22/h4-9,11-12,15,17,23H,10,13-14H2,1-3H3. The van der Waals surface area contributed by atoms with E-state index in [-0.39, 0.29) is 6.04 Å². The summed E-state index contributed by atoms with van der Waals surface area (Å²) in [5.74, 6) is 0.387. The average molecular weight is 383 g/mol. The van der Waals surface area contributed by atoms with E-state index in [9.17, 15) is 8.42 Å². The van der Waals surface area contributed by atoms with Gasteiger partial charge in [-0.05, 0) is 54.5 Å². The summed E-state index contributed by atoms with van der Waals surface area (Å²) < 4.78 is 27.9. The monoisotopic (exact) mass is 382 g/mol. The number of hydrogen-bond donors (Lipinski definition) is 1. The van der Waals surface area contributed by atoms with Crippen molar-refractivity contribution in [2.24, 2.45) is 0 Å². The minimum atomic E-state index is -3.50. The summed E-state index contributed by atoms with van der Waals surface area (Å²) in [6.07, 6.45) is 2.46. The molecule has 1 unspecified atom stereocenters. The first kappa shape index (κ1) is 18.3. The lowest BCUT2D eigenvalue weighted by molar-refractivity contribution is 0.336. The number of fused-ring (bicyclic) bond motifs is 3. The molecule has 5 heteroatoms. The molecule has 4 rings (SSSR count). The second-order valence-electron chi connectivity index (χ2n) is 7.77. The second-order valence-corrected chi connectivity index (χ2v) is 9.77. The lowest BCUT2D eigenvalue weighted by Gasteiger charge is -2.30. The predicted molar refractivity (Wildman–Crippen MR) is 110 cm³/mol. The van der Waals surface area contributed by atoms with Gasteiger partial charge in [0, 0.05) is 29.7 Å². The zero-order chi connectivity index (χ0) is 19.2. The molecule has 0 radical (unpaired) electrons. The van der Waals surface area contributed by atoms with Crippen LogP contribution in [0.1, 0.15) is 43.0 Å². The molecule has 0 saturated carbocycles. The van der Waals surface area contributed by atoms with Gasteiger partial charge in [-0.15, -0.1) is 0 Å². The number of benzene rings is 2. The molecule has 1 heterocycles. The quantitative estimate of drug-likeness (QED) is 0.724. The van der Waals surface area contributed by atoms with E-state index in [4.69, 9.17) is 0 Å². The molecule has 3 aromatic rings. The van der Waals surface area contributed by atoms with E-state index >= 15 is 0 Å². The molecule has 1 aliphatic rings. The molecule has 2 aromatic carbocycles. The Hall–Kier alpha value is -2.11. The van der Waals surface area contributed by atoms with Crippen molar-refractivity contribution >= 4 is 20.9 Å². The van der Waals surface area contributed by atoms with Gasteiger partial charge in [0.2, 0.25) is 10.0 Å². The van der Waals surface area contributed by atoms with Gasteiger partial charge in [0.05, 0.1) is 4.90 Å². The van der Waals surface area contributed by atoms with Gasteiger partial charge in [-0.25, -0.2) is 8.42 Å². The van der Waals surface area contributed by atoms with Crippen LogP contribution in [0.2, 0.25) is 0 Å². The van der Waals surface area contributed by atoms with E-state index in [1.165, 1.54) is 16.6 Å².